The normalized spacial score (nSPS) is 15.3. The highest BCUT2D eigenvalue weighted by molar-refractivity contribution is 7.21. The summed E-state index contributed by atoms with van der Waals surface area (Å²) in [5.74, 6) is -0.343. The molecule has 29 heavy (non-hydrogen) atoms. The maximum Gasteiger partial charge on any atom is 0.199 e. The van der Waals surface area contributed by atoms with Gasteiger partial charge in [0.2, 0.25) is 0 Å². The van der Waals surface area contributed by atoms with Gasteiger partial charge in [0.1, 0.15) is 10.8 Å². The first-order chi connectivity index (χ1) is 14.2. The fourth-order valence-corrected chi connectivity index (χ4v) is 4.73. The van der Waals surface area contributed by atoms with Crippen LogP contribution in [0.2, 0.25) is 0 Å². The van der Waals surface area contributed by atoms with Crippen LogP contribution < -0.4 is 5.43 Å². The van der Waals surface area contributed by atoms with Gasteiger partial charge in [-0.2, -0.15) is 0 Å². The minimum atomic E-state index is -0.343. The third-order valence-corrected chi connectivity index (χ3v) is 6.40. The van der Waals surface area contributed by atoms with E-state index in [9.17, 15) is 9.18 Å². The van der Waals surface area contributed by atoms with E-state index in [4.69, 9.17) is 4.74 Å². The fraction of sp³-hybridized carbons (Fsp3) is 0.273. The lowest BCUT2D eigenvalue weighted by molar-refractivity contribution is 0.0365. The number of pyridine rings is 1. The molecule has 0 atom stereocenters. The fourth-order valence-electron chi connectivity index (χ4n) is 3.76. The number of nitrogens with zero attached hydrogens (tertiary/aromatic N) is 3. The largest absolute Gasteiger partial charge is 0.379 e. The highest BCUT2D eigenvalue weighted by Gasteiger charge is 2.16. The lowest BCUT2D eigenvalue weighted by atomic mass is 10.1. The molecule has 0 spiro atoms. The zero-order valence-corrected chi connectivity index (χ0v) is 16.6. The van der Waals surface area contributed by atoms with Gasteiger partial charge in [-0.25, -0.2) is 9.37 Å². The quantitative estimate of drug-likeness (QED) is 0.515. The second-order valence-corrected chi connectivity index (χ2v) is 8.20. The second kappa shape index (κ2) is 7.67. The molecule has 2 aromatic heterocycles. The lowest BCUT2D eigenvalue weighted by Gasteiger charge is -2.27. The molecule has 148 valence electrons. The van der Waals surface area contributed by atoms with E-state index in [1.54, 1.807) is 6.07 Å². The van der Waals surface area contributed by atoms with E-state index in [1.807, 2.05) is 35.0 Å². The van der Waals surface area contributed by atoms with Gasteiger partial charge in [0, 0.05) is 37.8 Å². The average Bonchev–Trinajstić information content (AvgIpc) is 3.18. The zero-order chi connectivity index (χ0) is 19.8. The number of para-hydroxylation sites is 1. The van der Waals surface area contributed by atoms with Gasteiger partial charge in [0.05, 0.1) is 34.5 Å². The van der Waals surface area contributed by atoms with Crippen LogP contribution in [0, 0.1) is 5.82 Å². The molecule has 0 saturated carbocycles. The molecule has 0 bridgehead atoms. The number of halogens is 1. The summed E-state index contributed by atoms with van der Waals surface area (Å²) in [6.07, 6.45) is 1.84. The van der Waals surface area contributed by atoms with Gasteiger partial charge in [-0.15, -0.1) is 11.3 Å². The van der Waals surface area contributed by atoms with Crippen LogP contribution in [0.15, 0.2) is 53.5 Å². The molecule has 0 radical (unpaired) electrons. The van der Waals surface area contributed by atoms with Crippen molar-refractivity contribution in [2.45, 2.75) is 6.54 Å². The van der Waals surface area contributed by atoms with Crippen LogP contribution in [0.1, 0.15) is 0 Å². The van der Waals surface area contributed by atoms with Crippen molar-refractivity contribution in [2.24, 2.45) is 0 Å². The minimum absolute atomic E-state index is 0.110. The van der Waals surface area contributed by atoms with E-state index in [-0.39, 0.29) is 11.2 Å². The Balaban J connectivity index is 1.61. The van der Waals surface area contributed by atoms with Crippen LogP contribution in [-0.4, -0.2) is 47.3 Å². The Morgan fingerprint density at radius 1 is 1.10 bits per heavy atom. The zero-order valence-electron chi connectivity index (χ0n) is 15.8. The Bertz CT molecular complexity index is 1210. The van der Waals surface area contributed by atoms with Gasteiger partial charge in [0.25, 0.3) is 0 Å². The van der Waals surface area contributed by atoms with Gasteiger partial charge in [-0.1, -0.05) is 12.1 Å². The predicted molar refractivity (Wildman–Crippen MR) is 114 cm³/mol. The molecule has 5 nitrogen and oxygen atoms in total. The van der Waals surface area contributed by atoms with Crippen LogP contribution in [0.25, 0.3) is 31.7 Å². The molecule has 4 aromatic rings. The third kappa shape index (κ3) is 3.57. The number of thiazole rings is 1. The minimum Gasteiger partial charge on any atom is -0.379 e. The van der Waals surface area contributed by atoms with Gasteiger partial charge in [-0.05, 0) is 30.3 Å². The van der Waals surface area contributed by atoms with Crippen molar-refractivity contribution in [1.82, 2.24) is 14.5 Å². The molecule has 0 aliphatic carbocycles. The molecule has 3 heterocycles. The number of ether oxygens (including phenoxy) is 1. The maximum atomic E-state index is 14.0. The number of fused-ring (bicyclic) bond motifs is 2. The number of rotatable bonds is 4. The standard InChI is InChI=1S/C22H20FN3O2S/c23-15-5-6-16-19(13-15)26(8-7-25-9-11-28-12-10-25)14-17(21(16)27)22-24-18-3-1-2-4-20(18)29-22/h1-6,13-14H,7-12H2. The van der Waals surface area contributed by atoms with Crippen LogP contribution in [0.3, 0.4) is 0 Å². The van der Waals surface area contributed by atoms with Crippen molar-refractivity contribution in [3.05, 3.63) is 64.7 Å². The van der Waals surface area contributed by atoms with Gasteiger partial charge in [0.15, 0.2) is 5.43 Å². The van der Waals surface area contributed by atoms with Crippen LogP contribution >= 0.6 is 11.3 Å². The van der Waals surface area contributed by atoms with E-state index in [0.717, 1.165) is 43.1 Å². The Kier molecular flexibility index (Phi) is 4.87. The Hall–Kier alpha value is -2.61. The number of hydrogen-bond donors (Lipinski definition) is 0. The number of hydrogen-bond acceptors (Lipinski definition) is 5. The number of morpholine rings is 1. The SMILES string of the molecule is O=c1c(-c2nc3ccccc3s2)cn(CCN2CCOCC2)c2cc(F)ccc12. The van der Waals surface area contributed by atoms with Crippen molar-refractivity contribution in [2.75, 3.05) is 32.8 Å². The van der Waals surface area contributed by atoms with Crippen LogP contribution in [0.4, 0.5) is 4.39 Å². The Labute approximate surface area is 171 Å². The topological polar surface area (TPSA) is 47.4 Å². The summed E-state index contributed by atoms with van der Waals surface area (Å²) in [7, 11) is 0. The van der Waals surface area contributed by atoms with E-state index in [1.165, 1.54) is 23.5 Å². The summed E-state index contributed by atoms with van der Waals surface area (Å²) >= 11 is 1.51. The summed E-state index contributed by atoms with van der Waals surface area (Å²) in [4.78, 5) is 20.2. The smallest absolute Gasteiger partial charge is 0.199 e. The molecule has 0 amide bonds. The van der Waals surface area contributed by atoms with Crippen molar-refractivity contribution in [3.63, 3.8) is 0 Å². The molecule has 1 fully saturated rings. The van der Waals surface area contributed by atoms with Crippen molar-refractivity contribution >= 4 is 32.5 Å². The Morgan fingerprint density at radius 3 is 2.76 bits per heavy atom. The average molecular weight is 409 g/mol. The van der Waals surface area contributed by atoms with E-state index in [2.05, 4.69) is 9.88 Å². The van der Waals surface area contributed by atoms with Gasteiger partial charge in [-0.3, -0.25) is 9.69 Å². The predicted octanol–water partition coefficient (Wildman–Crippen LogP) is 3.75. The first-order valence-electron chi connectivity index (χ1n) is 9.68. The van der Waals surface area contributed by atoms with Crippen molar-refractivity contribution in [1.29, 1.82) is 0 Å². The summed E-state index contributed by atoms with van der Waals surface area (Å²) in [6, 6.07) is 12.2. The van der Waals surface area contributed by atoms with Crippen molar-refractivity contribution in [3.8, 4) is 10.6 Å². The van der Waals surface area contributed by atoms with E-state index in [0.29, 0.717) is 28.0 Å². The highest BCUT2D eigenvalue weighted by atomic mass is 32.1. The van der Waals surface area contributed by atoms with Gasteiger partial charge < -0.3 is 9.30 Å². The molecule has 5 rings (SSSR count). The van der Waals surface area contributed by atoms with Gasteiger partial charge >= 0.3 is 0 Å². The van der Waals surface area contributed by atoms with Crippen LogP contribution in [0.5, 0.6) is 0 Å². The van der Waals surface area contributed by atoms with E-state index >= 15 is 0 Å². The first-order valence-corrected chi connectivity index (χ1v) is 10.5. The molecule has 0 N–H and O–H groups in total. The second-order valence-electron chi connectivity index (χ2n) is 7.17. The monoisotopic (exact) mass is 409 g/mol. The summed E-state index contributed by atoms with van der Waals surface area (Å²) in [6.45, 7) is 4.72. The van der Waals surface area contributed by atoms with Crippen molar-refractivity contribution < 1.29 is 9.13 Å². The molecular weight excluding hydrogens is 389 g/mol. The molecule has 2 aromatic carbocycles. The maximum absolute atomic E-state index is 14.0. The molecule has 0 unspecified atom stereocenters. The molecule has 1 saturated heterocycles. The third-order valence-electron chi connectivity index (χ3n) is 5.33. The number of aromatic nitrogens is 2. The highest BCUT2D eigenvalue weighted by Crippen LogP contribution is 2.29. The molecule has 1 aliphatic rings. The van der Waals surface area contributed by atoms with E-state index < -0.39 is 0 Å². The lowest BCUT2D eigenvalue weighted by Crippen LogP contribution is -2.38. The van der Waals surface area contributed by atoms with Crippen LogP contribution in [-0.2, 0) is 11.3 Å². The number of benzene rings is 2. The molecule has 7 heteroatoms. The summed E-state index contributed by atoms with van der Waals surface area (Å²) in [5, 5.41) is 1.22. The summed E-state index contributed by atoms with van der Waals surface area (Å²) in [5.41, 5.74) is 1.95. The molecule has 1 aliphatic heterocycles. The first kappa shape index (κ1) is 18.4. The summed E-state index contributed by atoms with van der Waals surface area (Å²) < 4.78 is 22.4. The molecular formula is C22H20FN3O2S. The Morgan fingerprint density at radius 2 is 1.93 bits per heavy atom.